The van der Waals surface area contributed by atoms with Crippen LogP contribution in [-0.2, 0) is 14.4 Å². The summed E-state index contributed by atoms with van der Waals surface area (Å²) in [7, 11) is 0. The van der Waals surface area contributed by atoms with Crippen LogP contribution >= 0.6 is 69.6 Å². The first-order chi connectivity index (χ1) is 16.9. The molecule has 0 radical (unpaired) electrons. The summed E-state index contributed by atoms with van der Waals surface area (Å²) in [6.45, 7) is 0. The van der Waals surface area contributed by atoms with E-state index in [2.05, 4.69) is 10.9 Å². The second kappa shape index (κ2) is 8.58. The van der Waals surface area contributed by atoms with E-state index in [1.165, 1.54) is 0 Å². The van der Waals surface area contributed by atoms with Crippen LogP contribution in [0.4, 0.5) is 0 Å². The van der Waals surface area contributed by atoms with Crippen molar-refractivity contribution >= 4 is 87.4 Å². The summed E-state index contributed by atoms with van der Waals surface area (Å²) in [5, 5.41) is 9.20. The van der Waals surface area contributed by atoms with E-state index in [1.54, 1.807) is 48.5 Å². The van der Waals surface area contributed by atoms with Crippen molar-refractivity contribution < 1.29 is 24.2 Å². The number of carboxylic acids is 1. The number of nitrogens with one attached hydrogen (secondary N) is 2. The Balaban J connectivity index is 1.45. The smallest absolute Gasteiger partial charge is 0.309 e. The zero-order valence-corrected chi connectivity index (χ0v) is 22.2. The molecule has 2 aromatic rings. The minimum Gasteiger partial charge on any atom is -0.481 e. The number of alkyl halides is 4. The number of carbonyl (C=O) groups is 3. The molecule has 1 saturated carbocycles. The van der Waals surface area contributed by atoms with Gasteiger partial charge in [-0.3, -0.25) is 25.2 Å². The van der Waals surface area contributed by atoms with Gasteiger partial charge in [-0.05, 0) is 12.1 Å². The molecule has 4 atom stereocenters. The van der Waals surface area contributed by atoms with Crippen LogP contribution in [-0.4, -0.2) is 37.0 Å². The number of amides is 2. The van der Waals surface area contributed by atoms with Crippen LogP contribution in [0.2, 0.25) is 0 Å². The summed E-state index contributed by atoms with van der Waals surface area (Å²) in [5.74, 6) is -6.50. The molecule has 1 fully saturated rings. The summed E-state index contributed by atoms with van der Waals surface area (Å²) in [6, 6.07) is 13.9. The van der Waals surface area contributed by atoms with E-state index in [9.17, 15) is 19.5 Å². The Bertz CT molecular complexity index is 1320. The van der Waals surface area contributed by atoms with E-state index in [0.717, 1.165) is 0 Å². The van der Waals surface area contributed by atoms with Gasteiger partial charge in [-0.2, -0.15) is 0 Å². The fourth-order valence-corrected chi connectivity index (χ4v) is 8.03. The molecule has 0 unspecified atom stereocenters. The average molecular weight is 611 g/mol. The maximum Gasteiger partial charge on any atom is 0.309 e. The maximum atomic E-state index is 13.3. The summed E-state index contributed by atoms with van der Waals surface area (Å²) >= 11 is 38.5. The second-order valence-corrected chi connectivity index (χ2v) is 11.8. The Morgan fingerprint density at radius 2 is 1.19 bits per heavy atom. The van der Waals surface area contributed by atoms with E-state index >= 15 is 0 Å². The number of hydrazine groups is 1. The van der Waals surface area contributed by atoms with Gasteiger partial charge in [0.2, 0.25) is 5.91 Å². The molecule has 2 bridgehead atoms. The van der Waals surface area contributed by atoms with Crippen LogP contribution in [0.5, 0.6) is 11.5 Å². The molecule has 1 heterocycles. The molecular formula is C23H14Cl6N2O5. The maximum absolute atomic E-state index is 13.3. The third-order valence-corrected chi connectivity index (χ3v) is 11.0. The number of carboxylic acid groups (broad SMARTS) is 1. The standard InChI is InChI=1S/C23H14Cl6N2O5/c24-16-17(25)22(27)15(20(34)35)14(21(16,26)23(22,28)29)19(33)31-30-18(32)13-9-5-1-3-7-11(9)36-12-8-4-2-6-10(12)13/h1-8,13-15H,(H,30,32)(H,31,33)(H,34,35)/t14-,15-,21+,22+/m1/s1. The Labute approximate surface area is 234 Å². The first-order valence-corrected chi connectivity index (χ1v) is 12.7. The molecule has 3 N–H and O–H groups in total. The number of halogens is 6. The van der Waals surface area contributed by atoms with Gasteiger partial charge in [0.1, 0.15) is 21.2 Å². The number of aliphatic carboxylic acids is 1. The van der Waals surface area contributed by atoms with Gasteiger partial charge in [-0.15, -0.1) is 23.2 Å². The number of para-hydroxylation sites is 2. The number of carbonyl (C=O) groups excluding carboxylic acids is 2. The second-order valence-electron chi connectivity index (χ2n) is 8.51. The molecule has 3 aliphatic rings. The third kappa shape index (κ3) is 3.17. The number of hydrogen-bond acceptors (Lipinski definition) is 4. The highest BCUT2D eigenvalue weighted by atomic mass is 35.5. The van der Waals surface area contributed by atoms with Crippen molar-refractivity contribution in [2.75, 3.05) is 0 Å². The molecule has 2 aromatic carbocycles. The summed E-state index contributed by atoms with van der Waals surface area (Å²) in [5.41, 5.74) is 5.72. The summed E-state index contributed by atoms with van der Waals surface area (Å²) in [6.07, 6.45) is 0. The van der Waals surface area contributed by atoms with Crippen LogP contribution < -0.4 is 15.6 Å². The molecule has 0 spiro atoms. The number of ether oxygens (including phenoxy) is 1. The molecule has 0 aromatic heterocycles. The van der Waals surface area contributed by atoms with Gasteiger partial charge >= 0.3 is 5.97 Å². The summed E-state index contributed by atoms with van der Waals surface area (Å²) < 4.78 is 3.62. The van der Waals surface area contributed by atoms with Crippen LogP contribution in [0.15, 0.2) is 58.6 Å². The quantitative estimate of drug-likeness (QED) is 0.326. The van der Waals surface area contributed by atoms with Crippen LogP contribution in [0.25, 0.3) is 0 Å². The number of benzene rings is 2. The van der Waals surface area contributed by atoms with E-state index < -0.39 is 49.6 Å². The molecule has 2 amide bonds. The molecule has 188 valence electrons. The Morgan fingerprint density at radius 3 is 1.69 bits per heavy atom. The Morgan fingerprint density at radius 1 is 0.750 bits per heavy atom. The Kier molecular flexibility index (Phi) is 6.14. The lowest BCUT2D eigenvalue weighted by Gasteiger charge is -2.33. The molecule has 5 rings (SSSR count). The van der Waals surface area contributed by atoms with E-state index in [4.69, 9.17) is 74.3 Å². The van der Waals surface area contributed by atoms with Crippen molar-refractivity contribution in [3.8, 4) is 11.5 Å². The highest BCUT2D eigenvalue weighted by Gasteiger charge is 2.85. The lowest BCUT2D eigenvalue weighted by atomic mass is 9.81. The van der Waals surface area contributed by atoms with Crippen molar-refractivity contribution in [3.63, 3.8) is 0 Å². The number of hydrogen-bond donors (Lipinski definition) is 3. The van der Waals surface area contributed by atoms with Gasteiger partial charge < -0.3 is 9.84 Å². The highest BCUT2D eigenvalue weighted by molar-refractivity contribution is 6.66. The fraction of sp³-hybridized carbons (Fsp3) is 0.261. The topological polar surface area (TPSA) is 105 Å². The predicted molar refractivity (Wildman–Crippen MR) is 136 cm³/mol. The minimum absolute atomic E-state index is 0.345. The van der Waals surface area contributed by atoms with Gasteiger partial charge in [-0.1, -0.05) is 82.8 Å². The molecule has 0 saturated heterocycles. The lowest BCUT2D eigenvalue weighted by Crippen LogP contribution is -2.54. The van der Waals surface area contributed by atoms with Crippen LogP contribution in [0.1, 0.15) is 17.0 Å². The van der Waals surface area contributed by atoms with Gasteiger partial charge in [0.05, 0.1) is 27.8 Å². The SMILES string of the molecule is O=C(NNC(=O)[C@H]1[C@H](C(=O)O)[C@]2(Cl)C(Cl)=C(Cl)[C@]1(Cl)C2(Cl)Cl)C1c2ccccc2Oc2ccccc21. The van der Waals surface area contributed by atoms with E-state index in [0.29, 0.717) is 22.6 Å². The zero-order chi connectivity index (χ0) is 26.2. The molecule has 36 heavy (non-hydrogen) atoms. The third-order valence-electron chi connectivity index (χ3n) is 6.74. The Hall–Kier alpha value is -1.87. The fourth-order valence-electron chi connectivity index (χ4n) is 5.09. The van der Waals surface area contributed by atoms with Crippen molar-refractivity contribution in [1.29, 1.82) is 0 Å². The molecular weight excluding hydrogens is 597 g/mol. The van der Waals surface area contributed by atoms with Gasteiger partial charge in [0.15, 0.2) is 4.33 Å². The van der Waals surface area contributed by atoms with Crippen molar-refractivity contribution in [2.24, 2.45) is 11.8 Å². The normalized spacial score (nSPS) is 29.7. The lowest BCUT2D eigenvalue weighted by molar-refractivity contribution is -0.147. The monoisotopic (exact) mass is 608 g/mol. The van der Waals surface area contributed by atoms with Crippen LogP contribution in [0, 0.1) is 11.8 Å². The van der Waals surface area contributed by atoms with E-state index in [1.807, 2.05) is 0 Å². The van der Waals surface area contributed by atoms with Gasteiger partial charge in [0.25, 0.3) is 5.91 Å². The largest absolute Gasteiger partial charge is 0.481 e. The van der Waals surface area contributed by atoms with Crippen LogP contribution in [0.3, 0.4) is 0 Å². The predicted octanol–water partition coefficient (Wildman–Crippen LogP) is 5.23. The first kappa shape index (κ1) is 25.8. The molecule has 2 aliphatic carbocycles. The first-order valence-electron chi connectivity index (χ1n) is 10.4. The molecule has 1 aliphatic heterocycles. The number of allylic oxidation sites excluding steroid dienone is 2. The molecule has 7 nitrogen and oxygen atoms in total. The van der Waals surface area contributed by atoms with Crippen molar-refractivity contribution in [3.05, 3.63) is 69.7 Å². The van der Waals surface area contributed by atoms with Gasteiger partial charge in [-0.25, -0.2) is 0 Å². The number of fused-ring (bicyclic) bond motifs is 4. The average Bonchev–Trinajstić information content (AvgIpc) is 3.06. The highest BCUT2D eigenvalue weighted by Crippen LogP contribution is 2.76. The minimum atomic E-state index is -2.26. The van der Waals surface area contributed by atoms with Crippen molar-refractivity contribution in [2.45, 2.75) is 20.0 Å². The molecule has 13 heteroatoms. The summed E-state index contributed by atoms with van der Waals surface area (Å²) in [4.78, 5) is 34.5. The van der Waals surface area contributed by atoms with Crippen molar-refractivity contribution in [1.82, 2.24) is 10.9 Å². The van der Waals surface area contributed by atoms with Gasteiger partial charge in [0, 0.05) is 11.1 Å². The number of rotatable bonds is 3. The zero-order valence-electron chi connectivity index (χ0n) is 17.7. The van der Waals surface area contributed by atoms with E-state index in [-0.39, 0.29) is 10.1 Å².